The van der Waals surface area contributed by atoms with Gasteiger partial charge < -0.3 is 19.3 Å². The largest absolute Gasteiger partial charge is 0.465 e. The molecule has 4 fully saturated rings. The van der Waals surface area contributed by atoms with Crippen LogP contribution in [0.5, 0.6) is 0 Å². The summed E-state index contributed by atoms with van der Waals surface area (Å²) in [6.45, 7) is 9.07. The van der Waals surface area contributed by atoms with E-state index >= 15 is 0 Å². The van der Waals surface area contributed by atoms with Gasteiger partial charge in [0.05, 0.1) is 6.26 Å². The highest BCUT2D eigenvalue weighted by Crippen LogP contribution is 2.67. The molecule has 0 radical (unpaired) electrons. The number of hydrogen-bond donors (Lipinski definition) is 1. The van der Waals surface area contributed by atoms with E-state index < -0.39 is 6.09 Å². The zero-order valence-electron chi connectivity index (χ0n) is 23.4. The van der Waals surface area contributed by atoms with Crippen LogP contribution >= 0.6 is 0 Å². The summed E-state index contributed by atoms with van der Waals surface area (Å²) in [6.07, 6.45) is 16.2. The summed E-state index contributed by atoms with van der Waals surface area (Å²) in [7, 11) is 0. The van der Waals surface area contributed by atoms with Crippen molar-refractivity contribution in [1.82, 2.24) is 9.80 Å². The molecule has 6 heteroatoms. The minimum atomic E-state index is -0.721. The van der Waals surface area contributed by atoms with Gasteiger partial charge >= 0.3 is 11.7 Å². The van der Waals surface area contributed by atoms with Crippen LogP contribution in [0, 0.1) is 28.6 Å². The Labute approximate surface area is 227 Å². The van der Waals surface area contributed by atoms with Crippen molar-refractivity contribution in [3.05, 3.63) is 46.0 Å². The molecule has 7 atom stereocenters. The number of likely N-dealkylation sites (tertiary alicyclic amines) is 1. The van der Waals surface area contributed by atoms with Gasteiger partial charge in [0, 0.05) is 18.7 Å². The van der Waals surface area contributed by atoms with Crippen molar-refractivity contribution in [1.29, 1.82) is 0 Å². The number of carboxylic acid groups (broad SMARTS) is 1. The molecule has 1 aromatic heterocycles. The first-order valence-corrected chi connectivity index (χ1v) is 15.3. The second-order valence-corrected chi connectivity index (χ2v) is 13.6. The lowest BCUT2D eigenvalue weighted by molar-refractivity contribution is -0.0705. The third-order valence-corrected chi connectivity index (χ3v) is 11.9. The molecule has 4 aliphatic carbocycles. The Kier molecular flexibility index (Phi) is 6.99. The van der Waals surface area contributed by atoms with E-state index in [4.69, 9.17) is 4.42 Å². The Morgan fingerprint density at radius 2 is 1.95 bits per heavy atom. The molecular weight excluding hydrogens is 476 g/mol. The van der Waals surface area contributed by atoms with Crippen LogP contribution in [0.4, 0.5) is 4.79 Å². The van der Waals surface area contributed by atoms with E-state index in [1.165, 1.54) is 51.6 Å². The average Bonchev–Trinajstić information content (AvgIpc) is 3.54. The third kappa shape index (κ3) is 4.45. The van der Waals surface area contributed by atoms with Crippen molar-refractivity contribution in [3.63, 3.8) is 0 Å². The lowest BCUT2D eigenvalue weighted by Crippen LogP contribution is -2.54. The highest BCUT2D eigenvalue weighted by molar-refractivity contribution is 5.65. The molecule has 38 heavy (non-hydrogen) atoms. The van der Waals surface area contributed by atoms with Crippen molar-refractivity contribution in [2.24, 2.45) is 28.6 Å². The Morgan fingerprint density at radius 1 is 1.13 bits per heavy atom. The van der Waals surface area contributed by atoms with Gasteiger partial charge in [0.2, 0.25) is 0 Å². The van der Waals surface area contributed by atoms with Crippen molar-refractivity contribution in [2.45, 2.75) is 96.4 Å². The molecular formula is C32H46N2O4. The molecule has 5 aliphatic rings. The average molecular weight is 523 g/mol. The predicted octanol–water partition coefficient (Wildman–Crippen LogP) is 6.52. The number of carbonyl (C=O) groups is 1. The van der Waals surface area contributed by atoms with Crippen molar-refractivity contribution in [2.75, 3.05) is 26.2 Å². The molecule has 1 saturated heterocycles. The SMILES string of the molecule is C[C@]12CC[C@H](N(CCCN3CCCC3)C(=O)O)C[C@H]1CC[C@H]1C3=CC[C@H](c4ccc(=O)oc4)[C@@]3(C)CC[C@@H]12. The van der Waals surface area contributed by atoms with Gasteiger partial charge in [-0.25, -0.2) is 9.59 Å². The molecule has 3 saturated carbocycles. The maximum Gasteiger partial charge on any atom is 0.407 e. The third-order valence-electron chi connectivity index (χ3n) is 11.9. The summed E-state index contributed by atoms with van der Waals surface area (Å²) in [5, 5.41) is 10.1. The summed E-state index contributed by atoms with van der Waals surface area (Å²) in [4.78, 5) is 28.1. The summed E-state index contributed by atoms with van der Waals surface area (Å²) < 4.78 is 5.26. The lowest BCUT2D eigenvalue weighted by Gasteiger charge is -2.60. The molecule has 1 N–H and O–H groups in total. The smallest absolute Gasteiger partial charge is 0.407 e. The molecule has 0 bridgehead atoms. The fourth-order valence-corrected chi connectivity index (χ4v) is 9.83. The van der Waals surface area contributed by atoms with Crippen LogP contribution in [-0.2, 0) is 0 Å². The van der Waals surface area contributed by atoms with E-state index in [2.05, 4.69) is 24.8 Å². The Balaban J connectivity index is 1.13. The quantitative estimate of drug-likeness (QED) is 0.431. The van der Waals surface area contributed by atoms with Gasteiger partial charge in [0.25, 0.3) is 0 Å². The second kappa shape index (κ2) is 10.1. The highest BCUT2D eigenvalue weighted by Gasteiger charge is 2.58. The normalized spacial score (nSPS) is 38.7. The van der Waals surface area contributed by atoms with Crippen LogP contribution in [0.1, 0.15) is 96.0 Å². The van der Waals surface area contributed by atoms with Crippen LogP contribution < -0.4 is 5.63 Å². The molecule has 6 nitrogen and oxygen atoms in total. The first-order valence-electron chi connectivity index (χ1n) is 15.3. The van der Waals surface area contributed by atoms with Gasteiger partial charge in [0.1, 0.15) is 0 Å². The number of allylic oxidation sites excluding steroid dienone is 2. The fourth-order valence-electron chi connectivity index (χ4n) is 9.83. The topological polar surface area (TPSA) is 74.0 Å². The van der Waals surface area contributed by atoms with Gasteiger partial charge in [-0.05, 0) is 136 Å². The van der Waals surface area contributed by atoms with Crippen LogP contribution in [0.2, 0.25) is 0 Å². The second-order valence-electron chi connectivity index (χ2n) is 13.6. The zero-order valence-corrected chi connectivity index (χ0v) is 23.4. The predicted molar refractivity (Wildman–Crippen MR) is 148 cm³/mol. The maximum atomic E-state index is 12.3. The van der Waals surface area contributed by atoms with Gasteiger partial charge in [-0.15, -0.1) is 0 Å². The standard InChI is InChI=1S/C32H46N2O4/c1-31-14-12-24(34(30(36)37)19-5-18-33-16-3-4-17-33)20-23(31)7-8-25-27-10-9-26(22-6-11-29(35)38-21-22)32(27,2)15-13-28(25)31/h6,10-11,21,23-26,28H,3-5,7-9,12-20H2,1-2H3,(H,36,37)/t23-,24+,25+,26-,28+,31+,32-/m1/s1. The minimum absolute atomic E-state index is 0.150. The zero-order chi connectivity index (χ0) is 26.5. The van der Waals surface area contributed by atoms with Crippen LogP contribution in [0.25, 0.3) is 0 Å². The van der Waals surface area contributed by atoms with Crippen molar-refractivity contribution >= 4 is 6.09 Å². The Hall–Kier alpha value is -2.08. The van der Waals surface area contributed by atoms with Gasteiger partial charge in [-0.2, -0.15) is 0 Å². The lowest BCUT2D eigenvalue weighted by atomic mass is 9.45. The highest BCUT2D eigenvalue weighted by atomic mass is 16.4. The first kappa shape index (κ1) is 26.2. The summed E-state index contributed by atoms with van der Waals surface area (Å²) in [5.74, 6) is 2.35. The van der Waals surface area contributed by atoms with Gasteiger partial charge in [-0.1, -0.05) is 25.5 Å². The van der Waals surface area contributed by atoms with Crippen LogP contribution in [0.3, 0.4) is 0 Å². The number of nitrogens with zero attached hydrogens (tertiary/aromatic N) is 2. The van der Waals surface area contributed by atoms with Crippen molar-refractivity contribution in [3.8, 4) is 0 Å². The molecule has 0 aromatic carbocycles. The number of rotatable bonds is 6. The number of amides is 1. The van der Waals surface area contributed by atoms with E-state index in [1.54, 1.807) is 17.9 Å². The minimum Gasteiger partial charge on any atom is -0.465 e. The Bertz CT molecular complexity index is 1100. The maximum absolute atomic E-state index is 12.3. The monoisotopic (exact) mass is 522 g/mol. The van der Waals surface area contributed by atoms with E-state index in [9.17, 15) is 14.7 Å². The van der Waals surface area contributed by atoms with Gasteiger partial charge in [0.15, 0.2) is 0 Å². The molecule has 6 rings (SSSR count). The molecule has 1 aromatic rings. The molecule has 2 heterocycles. The van der Waals surface area contributed by atoms with E-state index in [-0.39, 0.29) is 17.1 Å². The molecule has 0 spiro atoms. The first-order chi connectivity index (χ1) is 18.3. The molecule has 208 valence electrons. The van der Waals surface area contributed by atoms with Crippen LogP contribution in [0.15, 0.2) is 39.3 Å². The van der Waals surface area contributed by atoms with E-state index in [0.717, 1.165) is 44.2 Å². The summed E-state index contributed by atoms with van der Waals surface area (Å²) >= 11 is 0. The molecule has 1 amide bonds. The Morgan fingerprint density at radius 3 is 2.68 bits per heavy atom. The molecule has 1 aliphatic heterocycles. The van der Waals surface area contributed by atoms with E-state index in [1.807, 2.05) is 11.0 Å². The fraction of sp³-hybridized carbons (Fsp3) is 0.750. The van der Waals surface area contributed by atoms with Crippen LogP contribution in [-0.4, -0.2) is 53.2 Å². The van der Waals surface area contributed by atoms with E-state index in [0.29, 0.717) is 35.6 Å². The number of fused-ring (bicyclic) bond motifs is 5. The summed E-state index contributed by atoms with van der Waals surface area (Å²) in [6, 6.07) is 3.72. The van der Waals surface area contributed by atoms with Gasteiger partial charge in [-0.3, -0.25) is 0 Å². The van der Waals surface area contributed by atoms with Crippen molar-refractivity contribution < 1.29 is 14.3 Å². The number of hydrogen-bond acceptors (Lipinski definition) is 4. The summed E-state index contributed by atoms with van der Waals surface area (Å²) in [5.41, 5.74) is 3.01. The molecule has 0 unspecified atom stereocenters.